The monoisotopic (exact) mass is 245 g/mol. The van der Waals surface area contributed by atoms with Gasteiger partial charge in [0.1, 0.15) is 0 Å². The molecule has 0 aliphatic rings. The first-order valence-electron chi connectivity index (χ1n) is 4.77. The van der Waals surface area contributed by atoms with E-state index in [1.54, 1.807) is 6.07 Å². The first-order chi connectivity index (χ1) is 7.09. The fourth-order valence-corrected chi connectivity index (χ4v) is 2.06. The van der Waals surface area contributed by atoms with Crippen LogP contribution in [0.5, 0.6) is 0 Å². The molecule has 1 rings (SSSR count). The van der Waals surface area contributed by atoms with E-state index in [0.717, 1.165) is 4.90 Å². The van der Waals surface area contributed by atoms with E-state index >= 15 is 0 Å². The van der Waals surface area contributed by atoms with E-state index in [2.05, 4.69) is 17.9 Å². The number of ether oxygens (including phenoxy) is 1. The molecule has 1 amide bonds. The number of amides is 1. The molecule has 0 atom stereocenters. The summed E-state index contributed by atoms with van der Waals surface area (Å²) in [5.41, 5.74) is 0. The van der Waals surface area contributed by atoms with Crippen LogP contribution in [0.15, 0.2) is 16.3 Å². The van der Waals surface area contributed by atoms with E-state index < -0.39 is 0 Å². The molecule has 0 radical (unpaired) electrons. The predicted octanol–water partition coefficient (Wildman–Crippen LogP) is 2.19. The van der Waals surface area contributed by atoms with Gasteiger partial charge in [0.25, 0.3) is 5.91 Å². The van der Waals surface area contributed by atoms with Crippen LogP contribution in [-0.2, 0) is 4.74 Å². The number of thiol groups is 1. The molecule has 0 aliphatic heterocycles. The molecule has 1 aromatic heterocycles. The maximum Gasteiger partial charge on any atom is 0.261 e. The van der Waals surface area contributed by atoms with Crippen LogP contribution in [0.25, 0.3) is 0 Å². The highest BCUT2D eigenvalue weighted by atomic mass is 32.1. The number of thiophene rings is 1. The van der Waals surface area contributed by atoms with Crippen molar-refractivity contribution in [3.63, 3.8) is 0 Å². The molecule has 0 aromatic carbocycles. The Balaban J connectivity index is 2.25. The van der Waals surface area contributed by atoms with E-state index in [0.29, 0.717) is 18.0 Å². The second-order valence-corrected chi connectivity index (χ2v) is 4.77. The molecular formula is C10H15NO2S2. The van der Waals surface area contributed by atoms with Gasteiger partial charge in [0.15, 0.2) is 0 Å². The zero-order valence-electron chi connectivity index (χ0n) is 8.82. The lowest BCUT2D eigenvalue weighted by Crippen LogP contribution is -2.27. The van der Waals surface area contributed by atoms with Crippen LogP contribution in [0.1, 0.15) is 23.5 Å². The van der Waals surface area contributed by atoms with Crippen molar-refractivity contribution >= 4 is 29.9 Å². The van der Waals surface area contributed by atoms with Crippen LogP contribution in [0.3, 0.4) is 0 Å². The standard InChI is InChI=1S/C10H15NO2S2/c1-7(2)13-4-3-11-10(12)9-5-8(14)6-15-9/h5-7,14H,3-4H2,1-2H3,(H,11,12). The Labute approximate surface area is 99.2 Å². The SMILES string of the molecule is CC(C)OCCNC(=O)c1cc(S)cs1. The normalized spacial score (nSPS) is 10.7. The minimum Gasteiger partial charge on any atom is -0.377 e. The second kappa shape index (κ2) is 6.15. The van der Waals surface area contributed by atoms with Crippen molar-refractivity contribution in [2.75, 3.05) is 13.2 Å². The van der Waals surface area contributed by atoms with Crippen molar-refractivity contribution in [2.45, 2.75) is 24.8 Å². The highest BCUT2D eigenvalue weighted by Gasteiger charge is 2.06. The smallest absolute Gasteiger partial charge is 0.261 e. The van der Waals surface area contributed by atoms with Gasteiger partial charge in [-0.1, -0.05) is 0 Å². The molecule has 1 heterocycles. The van der Waals surface area contributed by atoms with E-state index in [1.807, 2.05) is 19.2 Å². The molecule has 0 unspecified atom stereocenters. The van der Waals surface area contributed by atoms with Crippen LogP contribution >= 0.6 is 24.0 Å². The topological polar surface area (TPSA) is 38.3 Å². The molecule has 0 fully saturated rings. The Kier molecular flexibility index (Phi) is 5.14. The molecule has 0 aliphatic carbocycles. The molecule has 1 N–H and O–H groups in total. The van der Waals surface area contributed by atoms with Crippen molar-refractivity contribution in [3.05, 3.63) is 16.3 Å². The van der Waals surface area contributed by atoms with Crippen LogP contribution in [0.4, 0.5) is 0 Å². The third kappa shape index (κ3) is 4.68. The lowest BCUT2D eigenvalue weighted by molar-refractivity contribution is 0.0748. The molecule has 3 nitrogen and oxygen atoms in total. The van der Waals surface area contributed by atoms with Crippen LogP contribution in [0.2, 0.25) is 0 Å². The number of nitrogens with one attached hydrogen (secondary N) is 1. The largest absolute Gasteiger partial charge is 0.377 e. The predicted molar refractivity (Wildman–Crippen MR) is 65.0 cm³/mol. The number of carbonyl (C=O) groups is 1. The van der Waals surface area contributed by atoms with Crippen LogP contribution in [-0.4, -0.2) is 25.2 Å². The van der Waals surface area contributed by atoms with Gasteiger partial charge in [0, 0.05) is 16.8 Å². The average molecular weight is 245 g/mol. The molecular weight excluding hydrogens is 230 g/mol. The average Bonchev–Trinajstić information content (AvgIpc) is 2.59. The van der Waals surface area contributed by atoms with Crippen molar-refractivity contribution in [3.8, 4) is 0 Å². The quantitative estimate of drug-likeness (QED) is 0.616. The van der Waals surface area contributed by atoms with E-state index in [4.69, 9.17) is 4.74 Å². The summed E-state index contributed by atoms with van der Waals surface area (Å²) in [6.07, 6.45) is 0.202. The summed E-state index contributed by atoms with van der Waals surface area (Å²) in [5, 5.41) is 4.62. The number of hydrogen-bond donors (Lipinski definition) is 2. The second-order valence-electron chi connectivity index (χ2n) is 3.34. The molecule has 0 saturated heterocycles. The number of hydrogen-bond acceptors (Lipinski definition) is 4. The minimum absolute atomic E-state index is 0.0624. The Hall–Kier alpha value is -0.520. The van der Waals surface area contributed by atoms with E-state index in [1.165, 1.54) is 11.3 Å². The highest BCUT2D eigenvalue weighted by Crippen LogP contribution is 2.17. The maximum atomic E-state index is 11.5. The Bertz CT molecular complexity index is 323. The van der Waals surface area contributed by atoms with Gasteiger partial charge in [-0.15, -0.1) is 24.0 Å². The maximum absolute atomic E-state index is 11.5. The van der Waals surface area contributed by atoms with Gasteiger partial charge in [-0.3, -0.25) is 4.79 Å². The van der Waals surface area contributed by atoms with Gasteiger partial charge in [0.05, 0.1) is 17.6 Å². The van der Waals surface area contributed by atoms with Crippen molar-refractivity contribution in [1.82, 2.24) is 5.32 Å². The summed E-state index contributed by atoms with van der Waals surface area (Å²) in [6, 6.07) is 1.76. The first-order valence-corrected chi connectivity index (χ1v) is 6.09. The van der Waals surface area contributed by atoms with Crippen molar-refractivity contribution in [1.29, 1.82) is 0 Å². The molecule has 5 heteroatoms. The third-order valence-electron chi connectivity index (χ3n) is 1.65. The Morgan fingerprint density at radius 1 is 1.67 bits per heavy atom. The van der Waals surface area contributed by atoms with Crippen LogP contribution in [0, 0.1) is 0 Å². The van der Waals surface area contributed by atoms with Gasteiger partial charge in [0.2, 0.25) is 0 Å². The van der Waals surface area contributed by atoms with Crippen molar-refractivity contribution < 1.29 is 9.53 Å². The summed E-state index contributed by atoms with van der Waals surface area (Å²) >= 11 is 5.53. The summed E-state index contributed by atoms with van der Waals surface area (Å²) < 4.78 is 5.31. The Morgan fingerprint density at radius 2 is 2.40 bits per heavy atom. The number of rotatable bonds is 5. The highest BCUT2D eigenvalue weighted by molar-refractivity contribution is 7.80. The fourth-order valence-electron chi connectivity index (χ4n) is 0.992. The van der Waals surface area contributed by atoms with Gasteiger partial charge in [-0.05, 0) is 19.9 Å². The van der Waals surface area contributed by atoms with Gasteiger partial charge in [-0.2, -0.15) is 0 Å². The molecule has 0 bridgehead atoms. The lowest BCUT2D eigenvalue weighted by Gasteiger charge is -2.07. The van der Waals surface area contributed by atoms with E-state index in [9.17, 15) is 4.79 Å². The molecule has 1 aromatic rings. The van der Waals surface area contributed by atoms with Crippen LogP contribution < -0.4 is 5.32 Å². The summed E-state index contributed by atoms with van der Waals surface area (Å²) in [4.78, 5) is 13.0. The van der Waals surface area contributed by atoms with E-state index in [-0.39, 0.29) is 12.0 Å². The summed E-state index contributed by atoms with van der Waals surface area (Å²) in [5.74, 6) is -0.0624. The minimum atomic E-state index is -0.0624. The fraction of sp³-hybridized carbons (Fsp3) is 0.500. The zero-order chi connectivity index (χ0) is 11.3. The van der Waals surface area contributed by atoms with Gasteiger partial charge >= 0.3 is 0 Å². The molecule has 15 heavy (non-hydrogen) atoms. The molecule has 84 valence electrons. The Morgan fingerprint density at radius 3 is 2.93 bits per heavy atom. The summed E-state index contributed by atoms with van der Waals surface area (Å²) in [7, 11) is 0. The van der Waals surface area contributed by atoms with Gasteiger partial charge < -0.3 is 10.1 Å². The van der Waals surface area contributed by atoms with Crippen molar-refractivity contribution in [2.24, 2.45) is 0 Å². The zero-order valence-corrected chi connectivity index (χ0v) is 10.5. The first kappa shape index (κ1) is 12.5. The molecule has 0 spiro atoms. The summed E-state index contributed by atoms with van der Waals surface area (Å²) in [6.45, 7) is 5.02. The number of carbonyl (C=O) groups excluding carboxylic acids is 1. The lowest BCUT2D eigenvalue weighted by atomic mass is 10.4. The molecule has 0 saturated carbocycles. The third-order valence-corrected chi connectivity index (χ3v) is 3.01. The van der Waals surface area contributed by atoms with Gasteiger partial charge in [-0.25, -0.2) is 0 Å².